The lowest BCUT2D eigenvalue weighted by molar-refractivity contribution is 0.0943. The molecule has 1 amide bonds. The Morgan fingerprint density at radius 3 is 3.05 bits per heavy atom. The van der Waals surface area contributed by atoms with Gasteiger partial charge in [0.05, 0.1) is 10.4 Å². The molecular weight excluding hydrogens is 286 g/mol. The van der Waals surface area contributed by atoms with E-state index in [0.717, 1.165) is 36.0 Å². The Labute approximate surface area is 127 Å². The number of pyridine rings is 1. The van der Waals surface area contributed by atoms with Crippen LogP contribution in [0.4, 0.5) is 5.69 Å². The van der Waals surface area contributed by atoms with Crippen LogP contribution in [0.5, 0.6) is 0 Å². The highest BCUT2D eigenvalue weighted by atomic mass is 32.1. The quantitative estimate of drug-likeness (QED) is 0.859. The van der Waals surface area contributed by atoms with Crippen LogP contribution >= 0.6 is 11.3 Å². The van der Waals surface area contributed by atoms with Crippen molar-refractivity contribution in [2.24, 2.45) is 5.41 Å². The van der Waals surface area contributed by atoms with Crippen LogP contribution in [0.15, 0.2) is 18.5 Å². The molecule has 0 aromatic carbocycles. The Hall–Kier alpha value is -1.66. The van der Waals surface area contributed by atoms with Crippen molar-refractivity contribution in [2.75, 3.05) is 26.0 Å². The molecule has 1 fully saturated rings. The normalized spacial score (nSPS) is 16.0. The van der Waals surface area contributed by atoms with E-state index in [2.05, 4.69) is 10.3 Å². The van der Waals surface area contributed by atoms with E-state index in [0.29, 0.717) is 17.1 Å². The van der Waals surface area contributed by atoms with E-state index in [-0.39, 0.29) is 11.3 Å². The number of rotatable bonds is 6. The number of nitrogens with zero attached hydrogens (tertiary/aromatic N) is 1. The van der Waals surface area contributed by atoms with Gasteiger partial charge < -0.3 is 15.8 Å². The van der Waals surface area contributed by atoms with Crippen molar-refractivity contribution < 1.29 is 9.53 Å². The molecule has 3 rings (SSSR count). The first-order valence-corrected chi connectivity index (χ1v) is 7.86. The number of methoxy groups -OCH3 is 1. The number of ether oxygens (including phenoxy) is 1. The van der Waals surface area contributed by atoms with Crippen LogP contribution < -0.4 is 11.1 Å². The Balaban J connectivity index is 1.69. The number of aromatic nitrogens is 1. The fourth-order valence-corrected chi connectivity index (χ4v) is 3.50. The first kappa shape index (κ1) is 14.3. The molecule has 1 aliphatic rings. The van der Waals surface area contributed by atoms with E-state index < -0.39 is 0 Å². The van der Waals surface area contributed by atoms with Crippen LogP contribution in [-0.4, -0.2) is 31.2 Å². The molecule has 0 unspecified atom stereocenters. The minimum absolute atomic E-state index is 0.0857. The van der Waals surface area contributed by atoms with E-state index in [1.165, 1.54) is 11.3 Å². The Morgan fingerprint density at radius 2 is 2.38 bits per heavy atom. The molecule has 2 heterocycles. The largest absolute Gasteiger partial charge is 0.397 e. The number of fused-ring (bicyclic) bond motifs is 1. The maximum absolute atomic E-state index is 12.4. The van der Waals surface area contributed by atoms with Crippen LogP contribution in [0.2, 0.25) is 0 Å². The number of amides is 1. The second-order valence-corrected chi connectivity index (χ2v) is 6.69. The summed E-state index contributed by atoms with van der Waals surface area (Å²) in [6.07, 6.45) is 6.74. The summed E-state index contributed by atoms with van der Waals surface area (Å²) >= 11 is 1.40. The summed E-state index contributed by atoms with van der Waals surface area (Å²) in [5.74, 6) is -0.0857. The fraction of sp³-hybridized carbons (Fsp3) is 0.467. The van der Waals surface area contributed by atoms with E-state index in [4.69, 9.17) is 10.5 Å². The highest BCUT2D eigenvalue weighted by Crippen LogP contribution is 2.48. The number of anilines is 1. The third-order valence-electron chi connectivity index (χ3n) is 4.16. The van der Waals surface area contributed by atoms with Crippen LogP contribution in [0.3, 0.4) is 0 Å². The van der Waals surface area contributed by atoms with E-state index in [9.17, 15) is 4.79 Å². The van der Waals surface area contributed by atoms with Crippen molar-refractivity contribution in [3.05, 3.63) is 23.3 Å². The molecule has 112 valence electrons. The predicted molar refractivity (Wildman–Crippen MR) is 84.5 cm³/mol. The number of thiophene rings is 1. The first-order valence-electron chi connectivity index (χ1n) is 7.04. The highest BCUT2D eigenvalue weighted by molar-refractivity contribution is 7.21. The van der Waals surface area contributed by atoms with Crippen LogP contribution in [0, 0.1) is 5.41 Å². The second kappa shape index (κ2) is 5.61. The Bertz CT molecular complexity index is 664. The molecule has 0 radical (unpaired) electrons. The lowest BCUT2D eigenvalue weighted by Gasteiger charge is -2.15. The summed E-state index contributed by atoms with van der Waals surface area (Å²) in [6, 6.07) is 1.85. The molecule has 0 aliphatic heterocycles. The van der Waals surface area contributed by atoms with Gasteiger partial charge in [0, 0.05) is 38.0 Å². The molecule has 2 aromatic rings. The van der Waals surface area contributed by atoms with Crippen LogP contribution in [0.1, 0.15) is 28.9 Å². The zero-order valence-electron chi connectivity index (χ0n) is 12.0. The third-order valence-corrected chi connectivity index (χ3v) is 5.31. The maximum Gasteiger partial charge on any atom is 0.263 e. The minimum atomic E-state index is -0.0857. The maximum atomic E-state index is 12.4. The molecule has 0 saturated heterocycles. The van der Waals surface area contributed by atoms with Gasteiger partial charge in [0.1, 0.15) is 4.88 Å². The van der Waals surface area contributed by atoms with E-state index >= 15 is 0 Å². The van der Waals surface area contributed by atoms with Crippen molar-refractivity contribution in [1.29, 1.82) is 0 Å². The van der Waals surface area contributed by atoms with E-state index in [1.54, 1.807) is 19.5 Å². The van der Waals surface area contributed by atoms with Gasteiger partial charge in [-0.3, -0.25) is 9.78 Å². The number of carbonyl (C=O) groups excluding carboxylic acids is 1. The van der Waals surface area contributed by atoms with Crippen molar-refractivity contribution in [2.45, 2.75) is 19.3 Å². The average molecular weight is 305 g/mol. The molecule has 3 N–H and O–H groups in total. The number of hydrogen-bond donors (Lipinski definition) is 2. The van der Waals surface area contributed by atoms with Gasteiger partial charge in [0.25, 0.3) is 5.91 Å². The topological polar surface area (TPSA) is 77.2 Å². The van der Waals surface area contributed by atoms with Gasteiger partial charge >= 0.3 is 0 Å². The number of nitrogens with one attached hydrogen (secondary N) is 1. The lowest BCUT2D eigenvalue weighted by Crippen LogP contribution is -2.30. The SMILES string of the molecule is COCCC1(CNC(=O)c2sc3cnccc3c2N)CC1. The molecule has 0 atom stereocenters. The summed E-state index contributed by atoms with van der Waals surface area (Å²) < 4.78 is 6.08. The molecule has 2 aromatic heterocycles. The monoisotopic (exact) mass is 305 g/mol. The van der Waals surface area contributed by atoms with Crippen LogP contribution in [-0.2, 0) is 4.74 Å². The molecule has 0 bridgehead atoms. The predicted octanol–water partition coefficient (Wildman–Crippen LogP) is 2.43. The second-order valence-electron chi connectivity index (χ2n) is 5.64. The Kier molecular flexibility index (Phi) is 3.82. The summed E-state index contributed by atoms with van der Waals surface area (Å²) in [6.45, 7) is 1.44. The van der Waals surface area contributed by atoms with Gasteiger partial charge in [-0.25, -0.2) is 0 Å². The zero-order chi connectivity index (χ0) is 14.9. The van der Waals surface area contributed by atoms with Gasteiger partial charge in [-0.1, -0.05) is 0 Å². The number of nitrogens with two attached hydrogens (primary N) is 1. The van der Waals surface area contributed by atoms with Crippen molar-refractivity contribution in [1.82, 2.24) is 10.3 Å². The van der Waals surface area contributed by atoms with Gasteiger partial charge in [-0.15, -0.1) is 11.3 Å². The summed E-state index contributed by atoms with van der Waals surface area (Å²) in [7, 11) is 1.71. The van der Waals surface area contributed by atoms with Crippen LogP contribution in [0.25, 0.3) is 10.1 Å². The summed E-state index contributed by atoms with van der Waals surface area (Å²) in [4.78, 5) is 17.0. The highest BCUT2D eigenvalue weighted by Gasteiger charge is 2.42. The summed E-state index contributed by atoms with van der Waals surface area (Å²) in [5, 5.41) is 3.93. The molecule has 5 nitrogen and oxygen atoms in total. The fourth-order valence-electron chi connectivity index (χ4n) is 2.50. The molecule has 21 heavy (non-hydrogen) atoms. The molecule has 0 spiro atoms. The van der Waals surface area contributed by atoms with E-state index in [1.807, 2.05) is 6.07 Å². The van der Waals surface area contributed by atoms with Gasteiger partial charge in [0.15, 0.2) is 0 Å². The smallest absolute Gasteiger partial charge is 0.263 e. The number of nitrogen functional groups attached to an aromatic ring is 1. The number of hydrogen-bond acceptors (Lipinski definition) is 5. The molecule has 1 aliphatic carbocycles. The molecule has 6 heteroatoms. The first-order chi connectivity index (χ1) is 10.2. The molecule has 1 saturated carbocycles. The van der Waals surface area contributed by atoms with Gasteiger partial charge in [0.2, 0.25) is 0 Å². The Morgan fingerprint density at radius 1 is 1.57 bits per heavy atom. The minimum Gasteiger partial charge on any atom is -0.397 e. The third kappa shape index (κ3) is 2.87. The number of carbonyl (C=O) groups is 1. The lowest BCUT2D eigenvalue weighted by atomic mass is 10.0. The standard InChI is InChI=1S/C15H19N3O2S/c1-20-7-5-15(3-4-15)9-18-14(19)13-12(16)10-2-6-17-8-11(10)21-13/h2,6,8H,3-5,7,9,16H2,1H3,(H,18,19). The molecular formula is C15H19N3O2S. The van der Waals surface area contributed by atoms with Crippen molar-refractivity contribution in [3.8, 4) is 0 Å². The average Bonchev–Trinajstić information content (AvgIpc) is 3.21. The zero-order valence-corrected chi connectivity index (χ0v) is 12.8. The van der Waals surface area contributed by atoms with Crippen molar-refractivity contribution in [3.63, 3.8) is 0 Å². The van der Waals surface area contributed by atoms with Gasteiger partial charge in [-0.2, -0.15) is 0 Å². The summed E-state index contributed by atoms with van der Waals surface area (Å²) in [5.41, 5.74) is 6.86. The van der Waals surface area contributed by atoms with Crippen molar-refractivity contribution >= 4 is 33.0 Å². The van der Waals surface area contributed by atoms with Gasteiger partial charge in [-0.05, 0) is 30.7 Å².